The molecule has 2 N–H and O–H groups in total. The maximum absolute atomic E-state index is 11.9. The van der Waals surface area contributed by atoms with Crippen LogP contribution in [0.15, 0.2) is 0 Å². The Hall–Kier alpha value is -0.610. The molecule has 1 saturated carbocycles. The van der Waals surface area contributed by atoms with E-state index in [-0.39, 0.29) is 12.0 Å². The molecule has 1 saturated heterocycles. The maximum Gasteiger partial charge on any atom is 0.225 e. The Kier molecular flexibility index (Phi) is 2.74. The number of nitrogens with two attached hydrogens (primary N) is 1. The normalized spacial score (nSPS) is 34.0. The van der Waals surface area contributed by atoms with Crippen LogP contribution in [0.2, 0.25) is 0 Å². The number of hydrogen-bond donors (Lipinski definition) is 1. The summed E-state index contributed by atoms with van der Waals surface area (Å²) in [4.78, 5) is 16.1. The van der Waals surface area contributed by atoms with Crippen molar-refractivity contribution in [3.63, 3.8) is 0 Å². The first kappa shape index (κ1) is 9.93. The molecule has 1 aliphatic heterocycles. The second-order valence-corrected chi connectivity index (χ2v) is 4.56. The van der Waals surface area contributed by atoms with E-state index in [0.717, 1.165) is 39.0 Å². The third-order valence-electron chi connectivity index (χ3n) is 3.34. The van der Waals surface area contributed by atoms with Crippen LogP contribution in [0.4, 0.5) is 0 Å². The number of hydrogen-bond acceptors (Lipinski definition) is 3. The van der Waals surface area contributed by atoms with Crippen LogP contribution in [0.25, 0.3) is 0 Å². The Morgan fingerprint density at radius 2 is 1.79 bits per heavy atom. The van der Waals surface area contributed by atoms with E-state index in [0.29, 0.717) is 5.91 Å². The topological polar surface area (TPSA) is 49.6 Å². The van der Waals surface area contributed by atoms with E-state index in [1.165, 1.54) is 0 Å². The molecule has 0 aromatic heterocycles. The summed E-state index contributed by atoms with van der Waals surface area (Å²) < 4.78 is 0. The number of nitrogens with zero attached hydrogens (tertiary/aromatic N) is 2. The quantitative estimate of drug-likeness (QED) is 0.616. The third kappa shape index (κ3) is 1.91. The molecular formula is C10H19N3O. The molecular weight excluding hydrogens is 178 g/mol. The van der Waals surface area contributed by atoms with Crippen LogP contribution in [-0.2, 0) is 4.79 Å². The van der Waals surface area contributed by atoms with E-state index < -0.39 is 0 Å². The lowest BCUT2D eigenvalue weighted by atomic mass is 9.80. The van der Waals surface area contributed by atoms with E-state index in [9.17, 15) is 4.79 Å². The Morgan fingerprint density at radius 3 is 2.29 bits per heavy atom. The molecule has 0 radical (unpaired) electrons. The fraction of sp³-hybridized carbons (Fsp3) is 0.900. The highest BCUT2D eigenvalue weighted by Gasteiger charge is 2.35. The predicted octanol–water partition coefficient (Wildman–Crippen LogP) is -0.502. The summed E-state index contributed by atoms with van der Waals surface area (Å²) in [5.41, 5.74) is 5.68. The highest BCUT2D eigenvalue weighted by Crippen LogP contribution is 2.27. The van der Waals surface area contributed by atoms with Crippen LogP contribution >= 0.6 is 0 Å². The van der Waals surface area contributed by atoms with Gasteiger partial charge in [0.15, 0.2) is 0 Å². The van der Waals surface area contributed by atoms with Gasteiger partial charge in [-0.25, -0.2) is 0 Å². The van der Waals surface area contributed by atoms with Gasteiger partial charge in [0.05, 0.1) is 0 Å². The van der Waals surface area contributed by atoms with Crippen molar-refractivity contribution in [1.29, 1.82) is 0 Å². The largest absolute Gasteiger partial charge is 0.340 e. The van der Waals surface area contributed by atoms with Gasteiger partial charge in [0.25, 0.3) is 0 Å². The number of amides is 1. The number of rotatable bonds is 1. The number of piperazine rings is 1. The molecule has 1 amide bonds. The molecule has 0 aromatic carbocycles. The van der Waals surface area contributed by atoms with Gasteiger partial charge in [0.2, 0.25) is 5.91 Å². The standard InChI is InChI=1S/C10H19N3O/c1-12-2-4-13(5-3-12)10(14)8-6-9(11)7-8/h8-9H,2-7,11H2,1H3/t8-,9+. The van der Waals surface area contributed by atoms with Gasteiger partial charge in [-0.15, -0.1) is 0 Å². The highest BCUT2D eigenvalue weighted by atomic mass is 16.2. The Labute approximate surface area is 85.0 Å². The van der Waals surface area contributed by atoms with Crippen molar-refractivity contribution in [2.75, 3.05) is 33.2 Å². The van der Waals surface area contributed by atoms with Crippen molar-refractivity contribution >= 4 is 5.91 Å². The Morgan fingerprint density at radius 1 is 1.21 bits per heavy atom. The predicted molar refractivity (Wildman–Crippen MR) is 54.8 cm³/mol. The maximum atomic E-state index is 11.9. The number of carbonyl (C=O) groups is 1. The summed E-state index contributed by atoms with van der Waals surface area (Å²) in [5, 5.41) is 0. The van der Waals surface area contributed by atoms with Gasteiger partial charge in [-0.2, -0.15) is 0 Å². The van der Waals surface area contributed by atoms with Crippen LogP contribution in [-0.4, -0.2) is 55.0 Å². The minimum absolute atomic E-state index is 0.230. The summed E-state index contributed by atoms with van der Waals surface area (Å²) >= 11 is 0. The first-order chi connectivity index (χ1) is 6.66. The second-order valence-electron chi connectivity index (χ2n) is 4.56. The molecule has 2 aliphatic rings. The highest BCUT2D eigenvalue weighted by molar-refractivity contribution is 5.80. The second kappa shape index (κ2) is 3.87. The number of carbonyl (C=O) groups excluding carboxylic acids is 1. The van der Waals surface area contributed by atoms with Gasteiger partial charge in [-0.05, 0) is 19.9 Å². The zero-order chi connectivity index (χ0) is 10.1. The Bertz CT molecular complexity index is 217. The summed E-state index contributed by atoms with van der Waals surface area (Å²) in [6.45, 7) is 3.79. The first-order valence-corrected chi connectivity index (χ1v) is 5.39. The van der Waals surface area contributed by atoms with E-state index in [1.807, 2.05) is 4.90 Å². The molecule has 0 unspecified atom stereocenters. The zero-order valence-electron chi connectivity index (χ0n) is 8.78. The monoisotopic (exact) mass is 197 g/mol. The first-order valence-electron chi connectivity index (χ1n) is 5.39. The molecule has 80 valence electrons. The van der Waals surface area contributed by atoms with E-state index in [2.05, 4.69) is 11.9 Å². The smallest absolute Gasteiger partial charge is 0.225 e. The summed E-state index contributed by atoms with van der Waals surface area (Å²) in [6.07, 6.45) is 1.79. The van der Waals surface area contributed by atoms with Crippen molar-refractivity contribution in [1.82, 2.24) is 9.80 Å². The van der Waals surface area contributed by atoms with Crippen molar-refractivity contribution < 1.29 is 4.79 Å². The lowest BCUT2D eigenvalue weighted by Crippen LogP contribution is -2.52. The van der Waals surface area contributed by atoms with Crippen molar-refractivity contribution in [2.24, 2.45) is 11.7 Å². The van der Waals surface area contributed by atoms with Gasteiger partial charge < -0.3 is 15.5 Å². The third-order valence-corrected chi connectivity index (χ3v) is 3.34. The fourth-order valence-electron chi connectivity index (χ4n) is 2.15. The number of likely N-dealkylation sites (N-methyl/N-ethyl adjacent to an activating group) is 1. The molecule has 0 spiro atoms. The molecule has 2 rings (SSSR count). The molecule has 2 fully saturated rings. The van der Waals surface area contributed by atoms with Crippen molar-refractivity contribution in [3.8, 4) is 0 Å². The van der Waals surface area contributed by atoms with Crippen LogP contribution < -0.4 is 5.73 Å². The van der Waals surface area contributed by atoms with E-state index >= 15 is 0 Å². The lowest BCUT2D eigenvalue weighted by Gasteiger charge is -2.39. The van der Waals surface area contributed by atoms with Crippen LogP contribution in [0.3, 0.4) is 0 Å². The molecule has 1 heterocycles. The van der Waals surface area contributed by atoms with Crippen LogP contribution in [0.5, 0.6) is 0 Å². The molecule has 1 aliphatic carbocycles. The van der Waals surface area contributed by atoms with Crippen LogP contribution in [0, 0.1) is 5.92 Å². The fourth-order valence-corrected chi connectivity index (χ4v) is 2.15. The molecule has 4 heteroatoms. The van der Waals surface area contributed by atoms with Gasteiger partial charge >= 0.3 is 0 Å². The molecule has 14 heavy (non-hydrogen) atoms. The minimum Gasteiger partial charge on any atom is -0.340 e. The summed E-state index contributed by atoms with van der Waals surface area (Å²) in [6, 6.07) is 0.274. The molecule has 0 atom stereocenters. The SMILES string of the molecule is CN1CCN(C(=O)[C@H]2C[C@@H](N)C2)CC1. The average Bonchev–Trinajstić information content (AvgIpc) is 2.13. The zero-order valence-corrected chi connectivity index (χ0v) is 8.78. The van der Waals surface area contributed by atoms with Gasteiger partial charge in [-0.1, -0.05) is 0 Å². The molecule has 0 bridgehead atoms. The van der Waals surface area contributed by atoms with Crippen molar-refractivity contribution in [2.45, 2.75) is 18.9 Å². The van der Waals surface area contributed by atoms with Crippen LogP contribution in [0.1, 0.15) is 12.8 Å². The lowest BCUT2D eigenvalue weighted by molar-refractivity contribution is -0.140. The van der Waals surface area contributed by atoms with Gasteiger partial charge in [0, 0.05) is 38.1 Å². The van der Waals surface area contributed by atoms with Crippen molar-refractivity contribution in [3.05, 3.63) is 0 Å². The summed E-state index contributed by atoms with van der Waals surface area (Å²) in [7, 11) is 2.10. The van der Waals surface area contributed by atoms with E-state index in [4.69, 9.17) is 5.73 Å². The average molecular weight is 197 g/mol. The molecule has 0 aromatic rings. The minimum atomic E-state index is 0.230. The van der Waals surface area contributed by atoms with Gasteiger partial charge in [0.1, 0.15) is 0 Å². The summed E-state index contributed by atoms with van der Waals surface area (Å²) in [5.74, 6) is 0.563. The Balaban J connectivity index is 1.81. The molecule has 4 nitrogen and oxygen atoms in total. The van der Waals surface area contributed by atoms with Gasteiger partial charge in [-0.3, -0.25) is 4.79 Å². The van der Waals surface area contributed by atoms with E-state index in [1.54, 1.807) is 0 Å².